The Labute approximate surface area is 185 Å². The molecule has 4 aromatic rings. The first-order valence-electron chi connectivity index (χ1n) is 9.88. The van der Waals surface area contributed by atoms with Gasteiger partial charge in [-0.2, -0.15) is 0 Å². The zero-order valence-corrected chi connectivity index (χ0v) is 18.7. The number of thiazole rings is 1. The van der Waals surface area contributed by atoms with E-state index in [4.69, 9.17) is 4.98 Å². The zero-order chi connectivity index (χ0) is 20.9. The average molecular weight is 434 g/mol. The predicted molar refractivity (Wildman–Crippen MR) is 126 cm³/mol. The van der Waals surface area contributed by atoms with E-state index in [-0.39, 0.29) is 5.91 Å². The molecule has 152 valence electrons. The molecule has 0 radical (unpaired) electrons. The fourth-order valence-corrected chi connectivity index (χ4v) is 4.70. The molecule has 0 bridgehead atoms. The first kappa shape index (κ1) is 20.6. The number of fused-ring (bicyclic) bond motifs is 1. The fraction of sp³-hybridized carbons (Fsp3) is 0.208. The number of thioether (sulfide) groups is 1. The molecular weight excluding hydrogens is 410 g/mol. The van der Waals surface area contributed by atoms with Crippen molar-refractivity contribution in [2.75, 3.05) is 11.2 Å². The molecule has 2 heterocycles. The van der Waals surface area contributed by atoms with Gasteiger partial charge in [-0.1, -0.05) is 42.5 Å². The molecule has 6 heteroatoms. The Morgan fingerprint density at radius 2 is 1.87 bits per heavy atom. The van der Waals surface area contributed by atoms with Gasteiger partial charge in [-0.3, -0.25) is 14.7 Å². The summed E-state index contributed by atoms with van der Waals surface area (Å²) in [5.74, 6) is 0.0329. The number of carbonyl (C=O) groups excluding carboxylic acids is 1. The molecule has 0 spiro atoms. The van der Waals surface area contributed by atoms with Crippen LogP contribution in [0.5, 0.6) is 0 Å². The lowest BCUT2D eigenvalue weighted by molar-refractivity contribution is -0.118. The molecule has 30 heavy (non-hydrogen) atoms. The molecule has 0 saturated heterocycles. The average Bonchev–Trinajstić information content (AvgIpc) is 3.21. The molecule has 2 aromatic heterocycles. The normalized spacial score (nSPS) is 11.0. The molecule has 0 aliphatic heterocycles. The third kappa shape index (κ3) is 4.71. The van der Waals surface area contributed by atoms with Gasteiger partial charge >= 0.3 is 0 Å². The summed E-state index contributed by atoms with van der Waals surface area (Å²) in [6.45, 7) is 2.60. The van der Waals surface area contributed by atoms with Gasteiger partial charge in [-0.25, -0.2) is 4.98 Å². The van der Waals surface area contributed by atoms with Gasteiger partial charge in [0.1, 0.15) is 0 Å². The molecule has 4 rings (SSSR count). The maximum Gasteiger partial charge on any atom is 0.233 e. The highest BCUT2D eigenvalue weighted by atomic mass is 32.2. The number of nitrogens with zero attached hydrogens (tertiary/aromatic N) is 3. The Balaban J connectivity index is 1.65. The van der Waals surface area contributed by atoms with E-state index in [1.165, 1.54) is 10.5 Å². The van der Waals surface area contributed by atoms with Crippen molar-refractivity contribution in [3.63, 3.8) is 0 Å². The van der Waals surface area contributed by atoms with E-state index in [1.807, 2.05) is 36.6 Å². The molecule has 1 amide bonds. The third-order valence-corrected chi connectivity index (χ3v) is 6.74. The molecule has 0 fully saturated rings. The van der Waals surface area contributed by atoms with Gasteiger partial charge in [-0.15, -0.1) is 11.8 Å². The molecular formula is C24H23N3OS2. The SMILES string of the molecule is CCc1ccc2nc(N(Cc3cccnc3)C(=O)Cc3ccc(SC)cc3)sc2c1. The summed E-state index contributed by atoms with van der Waals surface area (Å²) >= 11 is 3.27. The summed E-state index contributed by atoms with van der Waals surface area (Å²) in [4.78, 5) is 25.3. The first-order chi connectivity index (χ1) is 14.7. The molecule has 0 N–H and O–H groups in total. The number of hydrogen-bond acceptors (Lipinski definition) is 5. The maximum atomic E-state index is 13.3. The van der Waals surface area contributed by atoms with Crippen molar-refractivity contribution < 1.29 is 4.79 Å². The highest BCUT2D eigenvalue weighted by Crippen LogP contribution is 2.31. The van der Waals surface area contributed by atoms with Crippen molar-refractivity contribution in [1.82, 2.24) is 9.97 Å². The molecule has 4 nitrogen and oxygen atoms in total. The van der Waals surface area contributed by atoms with Crippen LogP contribution in [0, 0.1) is 0 Å². The van der Waals surface area contributed by atoms with Crippen molar-refractivity contribution in [1.29, 1.82) is 0 Å². The van der Waals surface area contributed by atoms with Crippen LogP contribution in [0.25, 0.3) is 10.2 Å². The molecule has 0 aliphatic carbocycles. The predicted octanol–water partition coefficient (Wildman–Crippen LogP) is 5.75. The number of amides is 1. The molecule has 0 atom stereocenters. The smallest absolute Gasteiger partial charge is 0.233 e. The van der Waals surface area contributed by atoms with Crippen molar-refractivity contribution >= 4 is 44.4 Å². The summed E-state index contributed by atoms with van der Waals surface area (Å²) in [7, 11) is 0. The second-order valence-corrected chi connectivity index (χ2v) is 8.91. The van der Waals surface area contributed by atoms with Crippen molar-refractivity contribution in [3.05, 3.63) is 83.7 Å². The van der Waals surface area contributed by atoms with Gasteiger partial charge in [0, 0.05) is 17.3 Å². The first-order valence-corrected chi connectivity index (χ1v) is 11.9. The van der Waals surface area contributed by atoms with Crippen molar-refractivity contribution in [2.24, 2.45) is 0 Å². The van der Waals surface area contributed by atoms with E-state index in [0.29, 0.717) is 13.0 Å². The van der Waals surface area contributed by atoms with Crippen LogP contribution < -0.4 is 4.90 Å². The van der Waals surface area contributed by atoms with Crippen molar-refractivity contribution in [2.45, 2.75) is 31.2 Å². The van der Waals surface area contributed by atoms with Crippen LogP contribution in [0.4, 0.5) is 5.13 Å². The Kier molecular flexibility index (Phi) is 6.45. The lowest BCUT2D eigenvalue weighted by atomic mass is 10.1. The van der Waals surface area contributed by atoms with Crippen molar-refractivity contribution in [3.8, 4) is 0 Å². The standard InChI is InChI=1S/C24H23N3OS2/c1-3-17-8-11-21-22(13-17)30-24(26-21)27(16-19-5-4-12-25-15-19)23(28)14-18-6-9-20(29-2)10-7-18/h4-13,15H,3,14,16H2,1-2H3. The number of pyridine rings is 1. The number of rotatable bonds is 7. The summed E-state index contributed by atoms with van der Waals surface area (Å²) in [6, 6.07) is 18.4. The molecule has 2 aromatic carbocycles. The summed E-state index contributed by atoms with van der Waals surface area (Å²) in [5.41, 5.74) is 4.19. The largest absolute Gasteiger partial charge is 0.283 e. The second-order valence-electron chi connectivity index (χ2n) is 7.02. The number of anilines is 1. The van der Waals surface area contributed by atoms with Crippen LogP contribution in [0.1, 0.15) is 23.6 Å². The summed E-state index contributed by atoms with van der Waals surface area (Å²) in [5, 5.41) is 0.729. The van der Waals surface area contributed by atoms with Crippen LogP contribution in [0.15, 0.2) is 71.9 Å². The lowest BCUT2D eigenvalue weighted by Crippen LogP contribution is -2.31. The van der Waals surface area contributed by atoms with E-state index in [9.17, 15) is 4.79 Å². The molecule has 0 saturated carbocycles. The third-order valence-electron chi connectivity index (χ3n) is 4.96. The Hall–Kier alpha value is -2.70. The second kappa shape index (κ2) is 9.41. The monoisotopic (exact) mass is 433 g/mol. The Bertz CT molecular complexity index is 1140. The minimum atomic E-state index is 0.0329. The van der Waals surface area contributed by atoms with Crippen LogP contribution in [-0.2, 0) is 24.2 Å². The quantitative estimate of drug-likeness (QED) is 0.348. The number of aryl methyl sites for hydroxylation is 1. The summed E-state index contributed by atoms with van der Waals surface area (Å²) < 4.78 is 1.11. The number of benzene rings is 2. The minimum absolute atomic E-state index is 0.0329. The van der Waals surface area contributed by atoms with Gasteiger partial charge in [0.25, 0.3) is 0 Å². The van der Waals surface area contributed by atoms with E-state index >= 15 is 0 Å². The van der Waals surface area contributed by atoms with Gasteiger partial charge in [-0.05, 0) is 59.7 Å². The number of aromatic nitrogens is 2. The number of hydrogen-bond donors (Lipinski definition) is 0. The highest BCUT2D eigenvalue weighted by Gasteiger charge is 2.21. The van der Waals surface area contributed by atoms with Crippen LogP contribution >= 0.6 is 23.1 Å². The lowest BCUT2D eigenvalue weighted by Gasteiger charge is -2.20. The van der Waals surface area contributed by atoms with E-state index in [0.717, 1.165) is 32.9 Å². The number of carbonyl (C=O) groups is 1. The van der Waals surface area contributed by atoms with Gasteiger partial charge in [0.15, 0.2) is 5.13 Å². The van der Waals surface area contributed by atoms with Crippen LogP contribution in [0.3, 0.4) is 0 Å². The fourth-order valence-electron chi connectivity index (χ4n) is 3.24. The minimum Gasteiger partial charge on any atom is -0.283 e. The van der Waals surface area contributed by atoms with E-state index < -0.39 is 0 Å². The maximum absolute atomic E-state index is 13.3. The van der Waals surface area contributed by atoms with Gasteiger partial charge in [0.2, 0.25) is 5.91 Å². The Morgan fingerprint density at radius 3 is 2.57 bits per heavy atom. The van der Waals surface area contributed by atoms with E-state index in [1.54, 1.807) is 40.4 Å². The summed E-state index contributed by atoms with van der Waals surface area (Å²) in [6.07, 6.45) is 6.91. The van der Waals surface area contributed by atoms with Crippen LogP contribution in [-0.4, -0.2) is 22.1 Å². The molecule has 0 unspecified atom stereocenters. The van der Waals surface area contributed by atoms with E-state index in [2.05, 4.69) is 36.2 Å². The highest BCUT2D eigenvalue weighted by molar-refractivity contribution is 7.98. The molecule has 0 aliphatic rings. The topological polar surface area (TPSA) is 46.1 Å². The Morgan fingerprint density at radius 1 is 1.07 bits per heavy atom. The van der Waals surface area contributed by atoms with Crippen LogP contribution in [0.2, 0.25) is 0 Å². The van der Waals surface area contributed by atoms with Gasteiger partial charge in [0.05, 0.1) is 23.2 Å². The zero-order valence-electron chi connectivity index (χ0n) is 17.0. The van der Waals surface area contributed by atoms with Gasteiger partial charge < -0.3 is 0 Å².